The molecule has 168 valence electrons. The number of nitrogens with zero attached hydrogens (tertiary/aromatic N) is 3. The summed E-state index contributed by atoms with van der Waals surface area (Å²) < 4.78 is 35.9. The number of benzene rings is 2. The van der Waals surface area contributed by atoms with Crippen molar-refractivity contribution in [3.8, 4) is 5.75 Å². The van der Waals surface area contributed by atoms with Gasteiger partial charge >= 0.3 is 5.97 Å². The zero-order chi connectivity index (χ0) is 23.0. The van der Waals surface area contributed by atoms with Crippen LogP contribution < -0.4 is 4.74 Å². The first-order valence-electron chi connectivity index (χ1n) is 10.2. The molecule has 0 radical (unpaired) electrons. The number of fused-ring (bicyclic) bond motifs is 1. The number of rotatable bonds is 7. The van der Waals surface area contributed by atoms with Gasteiger partial charge in [-0.25, -0.2) is 23.4 Å². The molecule has 0 bridgehead atoms. The maximum absolute atomic E-state index is 13.9. The summed E-state index contributed by atoms with van der Waals surface area (Å²) in [7, 11) is -2.32. The number of carboxylic acid groups (broad SMARTS) is 1. The quantitative estimate of drug-likeness (QED) is 0.562. The van der Waals surface area contributed by atoms with E-state index < -0.39 is 27.6 Å². The van der Waals surface area contributed by atoms with E-state index in [0.717, 1.165) is 29.5 Å². The molecule has 1 aromatic heterocycles. The van der Waals surface area contributed by atoms with Crippen LogP contribution in [0.4, 0.5) is 10.1 Å². The van der Waals surface area contributed by atoms with Gasteiger partial charge in [-0.05, 0) is 49.4 Å². The SMILES string of the molecule is C[C@@H](Oc1cc(F)ccc1Cc1ncnc2cc(N=S(C)(C)=O)cc(C3CC3)c12)C(=O)O. The van der Waals surface area contributed by atoms with Crippen LogP contribution in [0.5, 0.6) is 5.75 Å². The summed E-state index contributed by atoms with van der Waals surface area (Å²) in [6, 6.07) is 7.84. The van der Waals surface area contributed by atoms with Crippen molar-refractivity contribution in [3.05, 3.63) is 59.3 Å². The van der Waals surface area contributed by atoms with Crippen molar-refractivity contribution in [2.24, 2.45) is 4.36 Å². The van der Waals surface area contributed by atoms with Gasteiger partial charge in [0, 0.05) is 45.7 Å². The van der Waals surface area contributed by atoms with Crippen LogP contribution in [0.2, 0.25) is 0 Å². The van der Waals surface area contributed by atoms with E-state index in [1.807, 2.05) is 6.07 Å². The molecule has 0 spiro atoms. The number of carboxylic acids is 1. The zero-order valence-electron chi connectivity index (χ0n) is 18.0. The number of carbonyl (C=O) groups is 1. The third kappa shape index (κ3) is 5.04. The molecule has 1 heterocycles. The number of hydrogen-bond acceptors (Lipinski definition) is 6. The highest BCUT2D eigenvalue weighted by atomic mass is 32.2. The van der Waals surface area contributed by atoms with Crippen molar-refractivity contribution in [1.82, 2.24) is 9.97 Å². The number of halogens is 1. The van der Waals surface area contributed by atoms with E-state index in [1.165, 1.54) is 25.4 Å². The van der Waals surface area contributed by atoms with Gasteiger partial charge in [0.05, 0.1) is 16.9 Å². The van der Waals surface area contributed by atoms with Gasteiger partial charge in [0.25, 0.3) is 0 Å². The molecule has 1 N–H and O–H groups in total. The molecule has 1 fully saturated rings. The first-order valence-corrected chi connectivity index (χ1v) is 12.6. The third-order valence-corrected chi connectivity index (χ3v) is 5.86. The van der Waals surface area contributed by atoms with E-state index in [0.29, 0.717) is 29.1 Å². The highest BCUT2D eigenvalue weighted by Gasteiger charge is 2.28. The molecule has 7 nitrogen and oxygen atoms in total. The first kappa shape index (κ1) is 22.1. The highest BCUT2D eigenvalue weighted by molar-refractivity contribution is 7.92. The third-order valence-electron chi connectivity index (χ3n) is 5.21. The maximum Gasteiger partial charge on any atom is 0.344 e. The first-order chi connectivity index (χ1) is 15.1. The Balaban J connectivity index is 1.81. The lowest BCUT2D eigenvalue weighted by Gasteiger charge is -2.16. The number of aromatic nitrogens is 2. The minimum atomic E-state index is -2.32. The van der Waals surface area contributed by atoms with E-state index in [-0.39, 0.29) is 5.75 Å². The molecule has 0 unspecified atom stereocenters. The Kier molecular flexibility index (Phi) is 5.85. The van der Waals surface area contributed by atoms with Crippen LogP contribution in [0.3, 0.4) is 0 Å². The van der Waals surface area contributed by atoms with Crippen LogP contribution in [0.25, 0.3) is 10.9 Å². The molecule has 9 heteroatoms. The van der Waals surface area contributed by atoms with Crippen molar-refractivity contribution in [3.63, 3.8) is 0 Å². The van der Waals surface area contributed by atoms with Crippen molar-refractivity contribution < 1.29 is 23.2 Å². The van der Waals surface area contributed by atoms with Crippen molar-refractivity contribution in [2.75, 3.05) is 12.5 Å². The van der Waals surface area contributed by atoms with Crippen LogP contribution in [-0.4, -0.2) is 43.9 Å². The lowest BCUT2D eigenvalue weighted by atomic mass is 9.98. The van der Waals surface area contributed by atoms with Gasteiger partial charge < -0.3 is 9.84 Å². The number of aliphatic carboxylic acids is 1. The second-order valence-corrected chi connectivity index (χ2v) is 10.9. The fourth-order valence-electron chi connectivity index (χ4n) is 3.64. The number of hydrogen-bond donors (Lipinski definition) is 1. The van der Waals surface area contributed by atoms with Crippen molar-refractivity contribution in [2.45, 2.75) is 38.2 Å². The Labute approximate surface area is 185 Å². The summed E-state index contributed by atoms with van der Waals surface area (Å²) in [4.78, 5) is 20.1. The van der Waals surface area contributed by atoms with Gasteiger partial charge in [0.1, 0.15) is 17.9 Å². The molecule has 0 aliphatic heterocycles. The summed E-state index contributed by atoms with van der Waals surface area (Å²) in [5.41, 5.74) is 3.74. The van der Waals surface area contributed by atoms with Crippen molar-refractivity contribution >= 4 is 32.3 Å². The topological polar surface area (TPSA) is 102 Å². The fourth-order valence-corrected chi connectivity index (χ4v) is 4.25. The average Bonchev–Trinajstić information content (AvgIpc) is 3.53. The van der Waals surface area contributed by atoms with Crippen LogP contribution in [0.15, 0.2) is 41.0 Å². The number of ether oxygens (including phenoxy) is 1. The molecular formula is C23H24FN3O4S. The lowest BCUT2D eigenvalue weighted by Crippen LogP contribution is -2.23. The monoisotopic (exact) mass is 457 g/mol. The molecule has 0 saturated heterocycles. The predicted molar refractivity (Wildman–Crippen MR) is 121 cm³/mol. The fraction of sp³-hybridized carbons (Fsp3) is 0.348. The summed E-state index contributed by atoms with van der Waals surface area (Å²) in [6.07, 6.45) is 5.92. The van der Waals surface area contributed by atoms with Gasteiger partial charge in [0.15, 0.2) is 6.10 Å². The van der Waals surface area contributed by atoms with Gasteiger partial charge in [-0.15, -0.1) is 0 Å². The maximum atomic E-state index is 13.9. The average molecular weight is 458 g/mol. The molecule has 32 heavy (non-hydrogen) atoms. The van der Waals surface area contributed by atoms with Crippen LogP contribution in [0.1, 0.15) is 42.5 Å². The molecule has 1 aliphatic carbocycles. The van der Waals surface area contributed by atoms with Crippen molar-refractivity contribution in [1.29, 1.82) is 0 Å². The molecular weight excluding hydrogens is 433 g/mol. The van der Waals surface area contributed by atoms with E-state index in [1.54, 1.807) is 24.6 Å². The minimum Gasteiger partial charge on any atom is -0.479 e. The van der Waals surface area contributed by atoms with E-state index in [2.05, 4.69) is 14.3 Å². The van der Waals surface area contributed by atoms with E-state index >= 15 is 0 Å². The molecule has 2 aromatic carbocycles. The van der Waals surface area contributed by atoms with Gasteiger partial charge in [-0.1, -0.05) is 6.07 Å². The van der Waals surface area contributed by atoms with E-state index in [9.17, 15) is 18.5 Å². The smallest absolute Gasteiger partial charge is 0.344 e. The standard InChI is InChI=1S/C23H24FN3O4S/c1-13(23(28)29)31-21-9-16(24)7-6-15(21)8-19-22-18(14-4-5-14)10-17(27-32(2,3)30)11-20(22)26-12-25-19/h6-7,9-14H,4-5,8H2,1-3H3,(H,28,29)/t13-/m1/s1. The van der Waals surface area contributed by atoms with E-state index in [4.69, 9.17) is 4.74 Å². The second kappa shape index (κ2) is 8.46. The Morgan fingerprint density at radius 3 is 2.69 bits per heavy atom. The lowest BCUT2D eigenvalue weighted by molar-refractivity contribution is -0.144. The zero-order valence-corrected chi connectivity index (χ0v) is 18.9. The molecule has 1 aliphatic rings. The molecule has 1 atom stereocenters. The van der Waals surface area contributed by atoms with Gasteiger partial charge in [0.2, 0.25) is 0 Å². The Hall–Kier alpha value is -3.07. The Morgan fingerprint density at radius 1 is 1.28 bits per heavy atom. The van der Waals surface area contributed by atoms with Crippen LogP contribution in [-0.2, 0) is 20.9 Å². The Morgan fingerprint density at radius 2 is 2.03 bits per heavy atom. The summed E-state index contributed by atoms with van der Waals surface area (Å²) in [6.45, 7) is 1.40. The summed E-state index contributed by atoms with van der Waals surface area (Å²) in [5.74, 6) is -1.12. The molecule has 1 saturated carbocycles. The molecule has 4 rings (SSSR count). The Bertz CT molecular complexity index is 1320. The predicted octanol–water partition coefficient (Wildman–Crippen LogP) is 4.45. The van der Waals surface area contributed by atoms with Crippen LogP contribution >= 0.6 is 0 Å². The minimum absolute atomic E-state index is 0.169. The summed E-state index contributed by atoms with van der Waals surface area (Å²) >= 11 is 0. The van der Waals surface area contributed by atoms with Gasteiger partial charge in [-0.3, -0.25) is 0 Å². The van der Waals surface area contributed by atoms with Gasteiger partial charge in [-0.2, -0.15) is 4.36 Å². The van der Waals surface area contributed by atoms with Crippen LogP contribution in [0, 0.1) is 5.82 Å². The normalized spacial score (nSPS) is 14.9. The molecule has 3 aromatic rings. The summed E-state index contributed by atoms with van der Waals surface area (Å²) in [5, 5.41) is 10.1. The largest absolute Gasteiger partial charge is 0.479 e. The molecule has 0 amide bonds. The highest BCUT2D eigenvalue weighted by Crippen LogP contribution is 2.45. The second-order valence-electron chi connectivity index (χ2n) is 8.32.